The molecule has 100 valence electrons. The van der Waals surface area contributed by atoms with E-state index in [1.807, 2.05) is 0 Å². The van der Waals surface area contributed by atoms with Gasteiger partial charge in [-0.25, -0.2) is 4.79 Å². The van der Waals surface area contributed by atoms with E-state index in [1.165, 1.54) is 17.2 Å². The Morgan fingerprint density at radius 1 is 1.53 bits per heavy atom. The molecule has 1 N–H and O–H groups in total. The molecule has 0 aliphatic carbocycles. The van der Waals surface area contributed by atoms with E-state index in [-0.39, 0.29) is 11.9 Å². The van der Waals surface area contributed by atoms with Gasteiger partial charge in [-0.05, 0) is 12.1 Å². The summed E-state index contributed by atoms with van der Waals surface area (Å²) < 4.78 is 15.5. The number of aromatic hydroxyl groups is 1. The maximum Gasteiger partial charge on any atom is 0.414 e. The van der Waals surface area contributed by atoms with Crippen LogP contribution in [0.3, 0.4) is 0 Å². The third-order valence-corrected chi connectivity index (χ3v) is 3.06. The Morgan fingerprint density at radius 2 is 2.37 bits per heavy atom. The molecule has 1 aliphatic rings. The van der Waals surface area contributed by atoms with Crippen molar-refractivity contribution in [3.63, 3.8) is 0 Å². The lowest BCUT2D eigenvalue weighted by molar-refractivity contribution is 0.0718. The number of methoxy groups -OCH3 is 1. The molecule has 1 aromatic carbocycles. The highest BCUT2D eigenvalue weighted by Crippen LogP contribution is 2.33. The molecule has 2 heterocycles. The molecule has 1 amide bonds. The number of amides is 1. The van der Waals surface area contributed by atoms with Gasteiger partial charge in [0.2, 0.25) is 0 Å². The molecule has 3 rings (SSSR count). The van der Waals surface area contributed by atoms with Gasteiger partial charge in [0, 0.05) is 18.6 Å². The number of hydrogen-bond acceptors (Lipinski definition) is 5. The van der Waals surface area contributed by atoms with Crippen molar-refractivity contribution in [1.82, 2.24) is 0 Å². The molecule has 0 saturated carbocycles. The van der Waals surface area contributed by atoms with Crippen molar-refractivity contribution in [2.45, 2.75) is 6.10 Å². The summed E-state index contributed by atoms with van der Waals surface area (Å²) in [6.07, 6.45) is 0.790. The molecule has 19 heavy (non-hydrogen) atoms. The van der Waals surface area contributed by atoms with E-state index < -0.39 is 6.09 Å². The normalized spacial score (nSPS) is 19.1. The quantitative estimate of drug-likeness (QED) is 0.918. The van der Waals surface area contributed by atoms with E-state index in [1.54, 1.807) is 19.2 Å². The Morgan fingerprint density at radius 3 is 3.16 bits per heavy atom. The van der Waals surface area contributed by atoms with Crippen LogP contribution in [0.1, 0.15) is 0 Å². The number of carbonyl (C=O) groups is 1. The number of benzene rings is 1. The van der Waals surface area contributed by atoms with Gasteiger partial charge in [-0.15, -0.1) is 0 Å². The van der Waals surface area contributed by atoms with Crippen molar-refractivity contribution in [3.8, 4) is 5.75 Å². The Hall–Kier alpha value is -2.21. The molecule has 0 bridgehead atoms. The topological polar surface area (TPSA) is 72.1 Å². The van der Waals surface area contributed by atoms with Gasteiger partial charge < -0.3 is 19.0 Å². The highest BCUT2D eigenvalue weighted by molar-refractivity contribution is 6.01. The molecule has 0 radical (unpaired) electrons. The molecule has 1 fully saturated rings. The Bertz CT molecular complexity index is 621. The fraction of sp³-hybridized carbons (Fsp3) is 0.308. The van der Waals surface area contributed by atoms with Crippen LogP contribution in [-0.4, -0.2) is 37.6 Å². The van der Waals surface area contributed by atoms with E-state index in [2.05, 4.69) is 0 Å². The maximum absolute atomic E-state index is 11.8. The van der Waals surface area contributed by atoms with Crippen LogP contribution in [0.5, 0.6) is 5.75 Å². The zero-order chi connectivity index (χ0) is 13.4. The number of ether oxygens (including phenoxy) is 2. The molecule has 2 aromatic rings. The van der Waals surface area contributed by atoms with Crippen molar-refractivity contribution in [2.24, 2.45) is 0 Å². The molecule has 1 saturated heterocycles. The number of hydrogen-bond donors (Lipinski definition) is 1. The summed E-state index contributed by atoms with van der Waals surface area (Å²) in [5.74, 6) is 0.120. The second kappa shape index (κ2) is 4.47. The predicted molar refractivity (Wildman–Crippen MR) is 67.4 cm³/mol. The van der Waals surface area contributed by atoms with E-state index in [4.69, 9.17) is 13.9 Å². The van der Waals surface area contributed by atoms with Gasteiger partial charge in [0.1, 0.15) is 23.7 Å². The zero-order valence-electron chi connectivity index (χ0n) is 10.3. The second-order valence-corrected chi connectivity index (χ2v) is 4.37. The van der Waals surface area contributed by atoms with Gasteiger partial charge in [0.05, 0.1) is 18.8 Å². The first-order valence-corrected chi connectivity index (χ1v) is 5.86. The van der Waals surface area contributed by atoms with Crippen molar-refractivity contribution >= 4 is 22.7 Å². The van der Waals surface area contributed by atoms with Gasteiger partial charge in [0.15, 0.2) is 0 Å². The molecule has 1 atom stereocenters. The van der Waals surface area contributed by atoms with Crippen molar-refractivity contribution in [2.75, 3.05) is 25.2 Å². The van der Waals surface area contributed by atoms with E-state index in [9.17, 15) is 9.90 Å². The van der Waals surface area contributed by atoms with Crippen LogP contribution in [0.2, 0.25) is 0 Å². The summed E-state index contributed by atoms with van der Waals surface area (Å²) in [6, 6.07) is 4.77. The summed E-state index contributed by atoms with van der Waals surface area (Å²) in [4.78, 5) is 13.3. The fourth-order valence-electron chi connectivity index (χ4n) is 2.20. The van der Waals surface area contributed by atoms with Crippen LogP contribution in [-0.2, 0) is 9.47 Å². The fourth-order valence-corrected chi connectivity index (χ4v) is 2.20. The monoisotopic (exact) mass is 263 g/mol. The first kappa shape index (κ1) is 11.9. The number of furan rings is 1. The maximum atomic E-state index is 11.8. The van der Waals surface area contributed by atoms with E-state index in [0.29, 0.717) is 24.4 Å². The highest BCUT2D eigenvalue weighted by atomic mass is 16.6. The number of phenolic OH excluding ortho intramolecular Hbond substituents is 1. The van der Waals surface area contributed by atoms with Gasteiger partial charge in [-0.1, -0.05) is 0 Å². The SMILES string of the molecule is COC[C@@H]1CN(c2coc3cc(O)ccc23)C(=O)O1. The number of phenols is 1. The molecule has 0 unspecified atom stereocenters. The number of anilines is 1. The van der Waals surface area contributed by atoms with Gasteiger partial charge in [-0.3, -0.25) is 4.90 Å². The summed E-state index contributed by atoms with van der Waals surface area (Å²) in [5.41, 5.74) is 1.16. The average Bonchev–Trinajstić information content (AvgIpc) is 2.93. The minimum absolute atomic E-state index is 0.120. The molecule has 0 spiro atoms. The lowest BCUT2D eigenvalue weighted by atomic mass is 10.2. The van der Waals surface area contributed by atoms with Crippen molar-refractivity contribution in [1.29, 1.82) is 0 Å². The minimum atomic E-state index is -0.419. The molecular weight excluding hydrogens is 250 g/mol. The van der Waals surface area contributed by atoms with Crippen molar-refractivity contribution in [3.05, 3.63) is 24.5 Å². The Balaban J connectivity index is 1.94. The van der Waals surface area contributed by atoms with Gasteiger partial charge >= 0.3 is 6.09 Å². The second-order valence-electron chi connectivity index (χ2n) is 4.37. The largest absolute Gasteiger partial charge is 0.508 e. The number of fused-ring (bicyclic) bond motifs is 1. The minimum Gasteiger partial charge on any atom is -0.508 e. The van der Waals surface area contributed by atoms with Crippen molar-refractivity contribution < 1.29 is 23.8 Å². The molecule has 1 aromatic heterocycles. The Kier molecular flexibility index (Phi) is 2.79. The first-order valence-electron chi connectivity index (χ1n) is 5.86. The lowest BCUT2D eigenvalue weighted by Gasteiger charge is -2.10. The summed E-state index contributed by atoms with van der Waals surface area (Å²) in [5, 5.41) is 10.1. The third-order valence-electron chi connectivity index (χ3n) is 3.06. The van der Waals surface area contributed by atoms with Crippen LogP contribution in [0.15, 0.2) is 28.9 Å². The van der Waals surface area contributed by atoms with Crippen LogP contribution in [0.4, 0.5) is 10.5 Å². The number of rotatable bonds is 3. The van der Waals surface area contributed by atoms with Crippen LogP contribution in [0, 0.1) is 0 Å². The number of carbonyl (C=O) groups excluding carboxylic acids is 1. The molecular formula is C13H13NO5. The van der Waals surface area contributed by atoms with Gasteiger partial charge in [0.25, 0.3) is 0 Å². The summed E-state index contributed by atoms with van der Waals surface area (Å²) in [7, 11) is 1.56. The van der Waals surface area contributed by atoms with E-state index >= 15 is 0 Å². The summed E-state index contributed by atoms with van der Waals surface area (Å²) in [6.45, 7) is 0.779. The molecule has 6 heteroatoms. The number of nitrogens with zero attached hydrogens (tertiary/aromatic N) is 1. The first-order chi connectivity index (χ1) is 9.19. The molecule has 1 aliphatic heterocycles. The average molecular weight is 263 g/mol. The number of cyclic esters (lactones) is 1. The zero-order valence-corrected chi connectivity index (χ0v) is 10.3. The standard InChI is InChI=1S/C13H13NO5/c1-17-6-9-5-14(13(16)19-9)11-7-18-12-4-8(15)2-3-10(11)12/h2-4,7,9,15H,5-6H2,1H3/t9-/m0/s1. The van der Waals surface area contributed by atoms with Crippen LogP contribution in [0.25, 0.3) is 11.0 Å². The Labute approximate surface area is 109 Å². The van der Waals surface area contributed by atoms with E-state index in [0.717, 1.165) is 5.39 Å². The molecule has 6 nitrogen and oxygen atoms in total. The van der Waals surface area contributed by atoms with Gasteiger partial charge in [-0.2, -0.15) is 0 Å². The smallest absolute Gasteiger partial charge is 0.414 e. The van der Waals surface area contributed by atoms with Crippen LogP contribution < -0.4 is 4.90 Å². The predicted octanol–water partition coefficient (Wildman–Crippen LogP) is 2.11. The van der Waals surface area contributed by atoms with Crippen LogP contribution >= 0.6 is 0 Å². The highest BCUT2D eigenvalue weighted by Gasteiger charge is 2.34. The summed E-state index contributed by atoms with van der Waals surface area (Å²) >= 11 is 0. The lowest BCUT2D eigenvalue weighted by Crippen LogP contribution is -2.25. The third kappa shape index (κ3) is 2.00.